The Morgan fingerprint density at radius 3 is 2.50 bits per heavy atom. The van der Waals surface area contributed by atoms with Crippen LogP contribution in [0.2, 0.25) is 0 Å². The van der Waals surface area contributed by atoms with Crippen molar-refractivity contribution in [1.29, 1.82) is 0 Å². The van der Waals surface area contributed by atoms with Gasteiger partial charge in [0.25, 0.3) is 11.8 Å². The third-order valence-electron chi connectivity index (χ3n) is 5.73. The summed E-state index contributed by atoms with van der Waals surface area (Å²) in [6.45, 7) is 2.42. The number of barbiturate groups is 1. The molecule has 0 saturated carbocycles. The van der Waals surface area contributed by atoms with Crippen LogP contribution in [-0.4, -0.2) is 31.7 Å². The zero-order valence-electron chi connectivity index (χ0n) is 19.6. The topological polar surface area (TPSA) is 103 Å². The molecule has 1 N–H and O–H groups in total. The molecule has 2 aliphatic heterocycles. The highest BCUT2D eigenvalue weighted by molar-refractivity contribution is 6.39. The van der Waals surface area contributed by atoms with Gasteiger partial charge in [0.2, 0.25) is 6.79 Å². The summed E-state index contributed by atoms with van der Waals surface area (Å²) in [5, 5.41) is 2.21. The summed E-state index contributed by atoms with van der Waals surface area (Å²) in [7, 11) is 1.50. The Balaban J connectivity index is 1.39. The highest BCUT2D eigenvalue weighted by atomic mass is 16.7. The van der Waals surface area contributed by atoms with E-state index in [1.807, 2.05) is 31.2 Å². The van der Waals surface area contributed by atoms with Gasteiger partial charge in [-0.2, -0.15) is 0 Å². The van der Waals surface area contributed by atoms with Crippen molar-refractivity contribution in [2.45, 2.75) is 13.5 Å². The minimum atomic E-state index is -0.849. The fourth-order valence-corrected chi connectivity index (χ4v) is 3.82. The first-order valence-electron chi connectivity index (χ1n) is 11.1. The van der Waals surface area contributed by atoms with Crippen LogP contribution in [0.4, 0.5) is 10.5 Å². The molecule has 0 aromatic heterocycles. The molecule has 2 heterocycles. The van der Waals surface area contributed by atoms with Crippen molar-refractivity contribution in [3.05, 3.63) is 82.9 Å². The average molecular weight is 486 g/mol. The third kappa shape index (κ3) is 4.46. The number of imide groups is 2. The number of fused-ring (bicyclic) bond motifs is 1. The molecule has 1 fully saturated rings. The van der Waals surface area contributed by atoms with Crippen molar-refractivity contribution in [3.63, 3.8) is 0 Å². The second-order valence-electron chi connectivity index (χ2n) is 8.18. The first-order valence-corrected chi connectivity index (χ1v) is 11.1. The highest BCUT2D eigenvalue weighted by Gasteiger charge is 2.37. The Hall–Kier alpha value is -4.79. The SMILES string of the molecule is COc1cc(/C=C2\C(=O)NC(=O)N(c3ccc4c(c3)OCO4)C2=O)ccc1OCc1ccc(C)cc1. The van der Waals surface area contributed by atoms with Gasteiger partial charge < -0.3 is 18.9 Å². The lowest BCUT2D eigenvalue weighted by atomic mass is 10.1. The summed E-state index contributed by atoms with van der Waals surface area (Å²) < 4.78 is 22.0. The zero-order valence-corrected chi connectivity index (χ0v) is 19.6. The van der Waals surface area contributed by atoms with Gasteiger partial charge in [0, 0.05) is 6.07 Å². The van der Waals surface area contributed by atoms with Crippen molar-refractivity contribution < 1.29 is 33.3 Å². The molecule has 0 spiro atoms. The van der Waals surface area contributed by atoms with Crippen LogP contribution in [0.3, 0.4) is 0 Å². The number of carbonyl (C=O) groups is 3. The van der Waals surface area contributed by atoms with Crippen LogP contribution in [0.1, 0.15) is 16.7 Å². The maximum Gasteiger partial charge on any atom is 0.335 e. The molecule has 0 bridgehead atoms. The highest BCUT2D eigenvalue weighted by Crippen LogP contribution is 2.36. The van der Waals surface area contributed by atoms with E-state index in [1.165, 1.54) is 19.3 Å². The fraction of sp³-hybridized carbons (Fsp3) is 0.148. The number of hydrogen-bond donors (Lipinski definition) is 1. The molecule has 4 amide bonds. The first-order chi connectivity index (χ1) is 17.4. The second-order valence-corrected chi connectivity index (χ2v) is 8.18. The molecule has 0 atom stereocenters. The van der Waals surface area contributed by atoms with E-state index in [4.69, 9.17) is 18.9 Å². The van der Waals surface area contributed by atoms with E-state index >= 15 is 0 Å². The van der Waals surface area contributed by atoms with E-state index in [0.29, 0.717) is 35.2 Å². The standard InChI is InChI=1S/C27H22N2O7/c1-16-3-5-17(6-4-16)14-34-21-9-7-18(12-23(21)33-2)11-20-25(30)28-27(32)29(26(20)31)19-8-10-22-24(13-19)36-15-35-22/h3-13H,14-15H2,1-2H3,(H,28,30,32)/b20-11+. The normalized spacial score (nSPS) is 15.8. The number of rotatable bonds is 6. The number of amides is 4. The van der Waals surface area contributed by atoms with Crippen LogP contribution >= 0.6 is 0 Å². The molecule has 36 heavy (non-hydrogen) atoms. The van der Waals surface area contributed by atoms with Crippen LogP contribution in [0.5, 0.6) is 23.0 Å². The third-order valence-corrected chi connectivity index (χ3v) is 5.73. The van der Waals surface area contributed by atoms with Crippen molar-refractivity contribution in [1.82, 2.24) is 5.32 Å². The number of carbonyl (C=O) groups excluding carboxylic acids is 3. The number of nitrogens with zero attached hydrogens (tertiary/aromatic N) is 1. The summed E-state index contributed by atoms with van der Waals surface area (Å²) in [5.41, 5.74) is 2.73. The van der Waals surface area contributed by atoms with E-state index < -0.39 is 17.8 Å². The lowest BCUT2D eigenvalue weighted by Crippen LogP contribution is -2.54. The van der Waals surface area contributed by atoms with Crippen LogP contribution in [-0.2, 0) is 16.2 Å². The van der Waals surface area contributed by atoms with Crippen molar-refractivity contribution >= 4 is 29.6 Å². The van der Waals surface area contributed by atoms with E-state index in [-0.39, 0.29) is 18.1 Å². The number of ether oxygens (including phenoxy) is 4. The number of nitrogens with one attached hydrogen (secondary N) is 1. The molecule has 0 radical (unpaired) electrons. The van der Waals surface area contributed by atoms with Crippen LogP contribution in [0, 0.1) is 6.92 Å². The minimum Gasteiger partial charge on any atom is -0.493 e. The summed E-state index contributed by atoms with van der Waals surface area (Å²) in [6.07, 6.45) is 1.40. The van der Waals surface area contributed by atoms with Crippen molar-refractivity contribution in [2.75, 3.05) is 18.8 Å². The number of anilines is 1. The maximum atomic E-state index is 13.2. The zero-order chi connectivity index (χ0) is 25.2. The molecule has 0 unspecified atom stereocenters. The number of benzene rings is 3. The minimum absolute atomic E-state index is 0.0507. The molecule has 182 valence electrons. The Bertz CT molecular complexity index is 1400. The van der Waals surface area contributed by atoms with Gasteiger partial charge in [0.15, 0.2) is 23.0 Å². The smallest absolute Gasteiger partial charge is 0.335 e. The molecular formula is C27H22N2O7. The molecular weight excluding hydrogens is 464 g/mol. The summed E-state index contributed by atoms with van der Waals surface area (Å²) in [5.74, 6) is 0.302. The van der Waals surface area contributed by atoms with Crippen LogP contribution < -0.4 is 29.2 Å². The van der Waals surface area contributed by atoms with Gasteiger partial charge in [-0.3, -0.25) is 14.9 Å². The second kappa shape index (κ2) is 9.46. The number of hydrogen-bond acceptors (Lipinski definition) is 7. The summed E-state index contributed by atoms with van der Waals surface area (Å²) >= 11 is 0. The van der Waals surface area contributed by atoms with Gasteiger partial charge in [0.05, 0.1) is 12.8 Å². The Kier molecular flexibility index (Phi) is 6.03. The molecule has 3 aromatic rings. The van der Waals surface area contributed by atoms with E-state index in [1.54, 1.807) is 30.3 Å². The maximum absolute atomic E-state index is 13.2. The first kappa shape index (κ1) is 23.0. The molecule has 0 aliphatic carbocycles. The van der Waals surface area contributed by atoms with Crippen LogP contribution in [0.15, 0.2) is 66.2 Å². The van der Waals surface area contributed by atoms with Crippen LogP contribution in [0.25, 0.3) is 6.08 Å². The largest absolute Gasteiger partial charge is 0.493 e. The molecule has 9 nitrogen and oxygen atoms in total. The molecule has 2 aliphatic rings. The molecule has 3 aromatic carbocycles. The van der Waals surface area contributed by atoms with E-state index in [2.05, 4.69) is 5.32 Å². The van der Waals surface area contributed by atoms with Crippen molar-refractivity contribution in [3.8, 4) is 23.0 Å². The lowest BCUT2D eigenvalue weighted by Gasteiger charge is -2.26. The number of aryl methyl sites for hydroxylation is 1. The number of methoxy groups -OCH3 is 1. The monoisotopic (exact) mass is 486 g/mol. The summed E-state index contributed by atoms with van der Waals surface area (Å²) in [4.78, 5) is 39.1. The Labute approximate surface area is 206 Å². The van der Waals surface area contributed by atoms with Crippen molar-refractivity contribution in [2.24, 2.45) is 0 Å². The fourth-order valence-electron chi connectivity index (χ4n) is 3.82. The predicted molar refractivity (Wildman–Crippen MR) is 130 cm³/mol. The molecule has 1 saturated heterocycles. The van der Waals surface area contributed by atoms with E-state index in [0.717, 1.165) is 16.0 Å². The lowest BCUT2D eigenvalue weighted by molar-refractivity contribution is -0.122. The predicted octanol–water partition coefficient (Wildman–Crippen LogP) is 3.98. The van der Waals surface area contributed by atoms with Gasteiger partial charge in [-0.1, -0.05) is 35.9 Å². The van der Waals surface area contributed by atoms with Gasteiger partial charge in [-0.05, 0) is 48.4 Å². The van der Waals surface area contributed by atoms with Gasteiger partial charge in [-0.15, -0.1) is 0 Å². The van der Waals surface area contributed by atoms with Gasteiger partial charge in [0.1, 0.15) is 12.2 Å². The number of urea groups is 1. The van der Waals surface area contributed by atoms with E-state index in [9.17, 15) is 14.4 Å². The quantitative estimate of drug-likeness (QED) is 0.415. The van der Waals surface area contributed by atoms with Gasteiger partial charge in [-0.25, -0.2) is 9.69 Å². The molecule has 9 heteroatoms. The average Bonchev–Trinajstić information content (AvgIpc) is 3.34. The summed E-state index contributed by atoms with van der Waals surface area (Å²) in [6, 6.07) is 16.8. The van der Waals surface area contributed by atoms with Gasteiger partial charge >= 0.3 is 6.03 Å². The Morgan fingerprint density at radius 1 is 0.944 bits per heavy atom. The molecule has 5 rings (SSSR count). The Morgan fingerprint density at radius 2 is 1.72 bits per heavy atom.